The van der Waals surface area contributed by atoms with Crippen molar-refractivity contribution < 1.29 is 37.5 Å². The summed E-state index contributed by atoms with van der Waals surface area (Å²) in [6.07, 6.45) is 1.75. The Hall–Kier alpha value is -5.92. The highest BCUT2D eigenvalue weighted by Gasteiger charge is 2.40. The van der Waals surface area contributed by atoms with Gasteiger partial charge in [-0.1, -0.05) is 64.1 Å². The number of hydrogen-bond acceptors (Lipinski definition) is 10. The molecule has 56 heavy (non-hydrogen) atoms. The SMILES string of the molecule is COC(=O)N[C@H](C(=O)N1CCC[C@H]1c1nc2cc(-c3ccc(-c4ccc5nc([C@@H]6CCCN6C(=O)[C@@H](NC(=O)OC)C(C)C)oc5c4)cc3)ccc2o1)C(C)C. The topological polar surface area (TPSA) is 169 Å². The number of nitrogens with one attached hydrogen (secondary N) is 2. The zero-order valence-corrected chi connectivity index (χ0v) is 32.5. The molecule has 4 heterocycles. The molecule has 14 heteroatoms. The van der Waals surface area contributed by atoms with Crippen molar-refractivity contribution in [2.75, 3.05) is 27.3 Å². The van der Waals surface area contributed by atoms with Crippen molar-refractivity contribution in [1.29, 1.82) is 0 Å². The Morgan fingerprint density at radius 3 is 1.57 bits per heavy atom. The number of hydrogen-bond donors (Lipinski definition) is 2. The van der Waals surface area contributed by atoms with Crippen molar-refractivity contribution in [3.63, 3.8) is 0 Å². The maximum atomic E-state index is 13.6. The zero-order valence-electron chi connectivity index (χ0n) is 32.5. The quantitative estimate of drug-likeness (QED) is 0.146. The Balaban J connectivity index is 1.06. The highest BCUT2D eigenvalue weighted by atomic mass is 16.5. The average molecular weight is 765 g/mol. The molecule has 2 saturated heterocycles. The molecule has 4 atom stereocenters. The molecule has 2 aromatic heterocycles. The molecular weight excluding hydrogens is 716 g/mol. The minimum atomic E-state index is -0.723. The van der Waals surface area contributed by atoms with Crippen LogP contribution in [0.25, 0.3) is 44.5 Å². The molecular formula is C42H48N6O8. The van der Waals surface area contributed by atoms with Crippen molar-refractivity contribution in [3.8, 4) is 22.3 Å². The number of alkyl carbamates (subject to hydrolysis) is 2. The van der Waals surface area contributed by atoms with Crippen molar-refractivity contribution in [3.05, 3.63) is 72.4 Å². The molecule has 294 valence electrons. The van der Waals surface area contributed by atoms with Gasteiger partial charge in [-0.25, -0.2) is 19.6 Å². The number of ether oxygens (including phenoxy) is 2. The molecule has 2 fully saturated rings. The predicted molar refractivity (Wildman–Crippen MR) is 208 cm³/mol. The van der Waals surface area contributed by atoms with Crippen molar-refractivity contribution in [2.24, 2.45) is 11.8 Å². The number of carbonyl (C=O) groups excluding carboxylic acids is 4. The summed E-state index contributed by atoms with van der Waals surface area (Å²) in [5, 5.41) is 5.36. The molecule has 3 aromatic carbocycles. The number of methoxy groups -OCH3 is 2. The van der Waals surface area contributed by atoms with Gasteiger partial charge in [0.2, 0.25) is 23.6 Å². The number of nitrogens with zero attached hydrogens (tertiary/aromatic N) is 4. The van der Waals surface area contributed by atoms with E-state index in [0.29, 0.717) is 59.9 Å². The van der Waals surface area contributed by atoms with E-state index in [4.69, 9.17) is 28.3 Å². The molecule has 0 saturated carbocycles. The first kappa shape index (κ1) is 38.4. The number of oxazole rings is 2. The molecule has 0 spiro atoms. The number of carbonyl (C=O) groups is 4. The minimum absolute atomic E-state index is 0.132. The standard InChI is InChI=1S/C42H48N6O8/c1-23(2)35(45-41(51)53-5)39(49)47-19-7-9-31(47)37-43-29-17-15-28(22-34(29)56-37)26-13-11-25(12-14-26)27-16-18-33-30(21-27)44-38(55-33)32-10-8-20-48(32)40(50)36(24(3)4)46-42(52)54-6/h11-18,21-24,31-32,35-36H,7-10,19-20H2,1-6H3,(H,45,51)(H,46,52)/t31-,32-,35-,36-/m0/s1. The number of benzene rings is 3. The third-order valence-corrected chi connectivity index (χ3v) is 10.8. The number of rotatable bonds is 10. The predicted octanol–water partition coefficient (Wildman–Crippen LogP) is 7.39. The fraction of sp³-hybridized carbons (Fsp3) is 0.429. The summed E-state index contributed by atoms with van der Waals surface area (Å²) < 4.78 is 22.0. The van der Waals surface area contributed by atoms with Gasteiger partial charge >= 0.3 is 12.2 Å². The fourth-order valence-corrected chi connectivity index (χ4v) is 7.72. The maximum absolute atomic E-state index is 13.6. The zero-order chi connectivity index (χ0) is 39.7. The molecule has 4 amide bonds. The fourth-order valence-electron chi connectivity index (χ4n) is 7.72. The van der Waals surface area contributed by atoms with Crippen LogP contribution in [0.3, 0.4) is 0 Å². The third-order valence-electron chi connectivity index (χ3n) is 10.8. The van der Waals surface area contributed by atoms with Crippen molar-refractivity contribution in [1.82, 2.24) is 30.4 Å². The molecule has 7 rings (SSSR count). The number of fused-ring (bicyclic) bond motifs is 2. The molecule has 0 aliphatic carbocycles. The molecule has 5 aromatic rings. The van der Waals surface area contributed by atoms with Gasteiger partial charge in [-0.15, -0.1) is 0 Å². The minimum Gasteiger partial charge on any atom is -0.453 e. The molecule has 2 N–H and O–H groups in total. The second kappa shape index (κ2) is 16.0. The molecule has 0 bridgehead atoms. The van der Waals surface area contributed by atoms with Crippen LogP contribution in [-0.4, -0.2) is 83.2 Å². The van der Waals surface area contributed by atoms with Gasteiger partial charge in [0.25, 0.3) is 0 Å². The summed E-state index contributed by atoms with van der Waals surface area (Å²) >= 11 is 0. The molecule has 0 unspecified atom stereocenters. The third kappa shape index (κ3) is 7.64. The van der Waals surface area contributed by atoms with Gasteiger partial charge in [0.15, 0.2) is 11.2 Å². The van der Waals surface area contributed by atoms with E-state index in [9.17, 15) is 19.2 Å². The Labute approximate surface area is 324 Å². The second-order valence-corrected chi connectivity index (χ2v) is 15.1. The normalized spacial score (nSPS) is 18.1. The van der Waals surface area contributed by atoms with Gasteiger partial charge in [-0.3, -0.25) is 9.59 Å². The molecule has 2 aliphatic rings. The van der Waals surface area contributed by atoms with Crippen molar-refractivity contribution >= 4 is 46.2 Å². The molecule has 0 radical (unpaired) electrons. The number of aromatic nitrogens is 2. The highest BCUT2D eigenvalue weighted by Crippen LogP contribution is 2.37. The second-order valence-electron chi connectivity index (χ2n) is 15.1. The monoisotopic (exact) mass is 764 g/mol. The Morgan fingerprint density at radius 1 is 0.625 bits per heavy atom. The van der Waals surface area contributed by atoms with Gasteiger partial charge in [0.1, 0.15) is 35.2 Å². The number of likely N-dealkylation sites (tertiary alicyclic amines) is 2. The maximum Gasteiger partial charge on any atom is 0.407 e. The molecule has 2 aliphatic heterocycles. The van der Waals surface area contributed by atoms with Crippen LogP contribution in [0, 0.1) is 11.8 Å². The summed E-state index contributed by atoms with van der Waals surface area (Å²) in [5.74, 6) is 0.330. The van der Waals surface area contributed by atoms with E-state index in [1.54, 1.807) is 9.80 Å². The molecule has 14 nitrogen and oxygen atoms in total. The van der Waals surface area contributed by atoms with Crippen molar-refractivity contribution in [2.45, 2.75) is 77.5 Å². The van der Waals surface area contributed by atoms with E-state index in [0.717, 1.165) is 35.1 Å². The lowest BCUT2D eigenvalue weighted by Gasteiger charge is -2.29. The van der Waals surface area contributed by atoms with Crippen LogP contribution < -0.4 is 10.6 Å². The summed E-state index contributed by atoms with van der Waals surface area (Å²) in [6.45, 7) is 8.64. The van der Waals surface area contributed by atoms with Crippen LogP contribution in [0.15, 0.2) is 69.5 Å². The smallest absolute Gasteiger partial charge is 0.407 e. The van der Waals surface area contributed by atoms with Crippen LogP contribution in [0.4, 0.5) is 9.59 Å². The lowest BCUT2D eigenvalue weighted by Crippen LogP contribution is -2.51. The summed E-state index contributed by atoms with van der Waals surface area (Å²) in [5.41, 5.74) is 6.59. The van der Waals surface area contributed by atoms with E-state index in [1.807, 2.05) is 64.1 Å². The van der Waals surface area contributed by atoms with E-state index >= 15 is 0 Å². The first-order valence-corrected chi connectivity index (χ1v) is 19.2. The van der Waals surface area contributed by atoms with Gasteiger partial charge < -0.3 is 38.7 Å². The Morgan fingerprint density at radius 2 is 1.07 bits per heavy atom. The van der Waals surface area contributed by atoms with Crippen LogP contribution in [0.5, 0.6) is 0 Å². The van der Waals surface area contributed by atoms with Crippen LogP contribution in [0.1, 0.15) is 77.2 Å². The van der Waals surface area contributed by atoms with Crippen LogP contribution in [0.2, 0.25) is 0 Å². The summed E-state index contributed by atoms with van der Waals surface area (Å²) in [4.78, 5) is 64.2. The lowest BCUT2D eigenvalue weighted by molar-refractivity contribution is -0.136. The van der Waals surface area contributed by atoms with Crippen LogP contribution in [-0.2, 0) is 19.1 Å². The van der Waals surface area contributed by atoms with E-state index < -0.39 is 24.3 Å². The highest BCUT2D eigenvalue weighted by molar-refractivity contribution is 5.88. The van der Waals surface area contributed by atoms with Crippen LogP contribution >= 0.6 is 0 Å². The first-order chi connectivity index (χ1) is 26.9. The van der Waals surface area contributed by atoms with E-state index in [1.165, 1.54) is 14.2 Å². The van der Waals surface area contributed by atoms with Gasteiger partial charge in [-0.05, 0) is 84.0 Å². The van der Waals surface area contributed by atoms with E-state index in [-0.39, 0.29) is 35.7 Å². The van der Waals surface area contributed by atoms with Gasteiger partial charge in [0, 0.05) is 13.1 Å². The Bertz CT molecular complexity index is 2090. The first-order valence-electron chi connectivity index (χ1n) is 19.2. The summed E-state index contributed by atoms with van der Waals surface area (Å²) in [7, 11) is 2.56. The summed E-state index contributed by atoms with van der Waals surface area (Å²) in [6, 6.07) is 17.9. The van der Waals surface area contributed by atoms with E-state index in [2.05, 4.69) is 34.9 Å². The largest absolute Gasteiger partial charge is 0.453 e. The van der Waals surface area contributed by atoms with Gasteiger partial charge in [-0.2, -0.15) is 0 Å². The Kier molecular flexibility index (Phi) is 11.0. The lowest BCUT2D eigenvalue weighted by atomic mass is 10.00. The van der Waals surface area contributed by atoms with Gasteiger partial charge in [0.05, 0.1) is 14.2 Å². The number of amides is 4. The average Bonchev–Trinajstić information content (AvgIpc) is 4.03.